The molecule has 5 N–H and O–H groups in total. The van der Waals surface area contributed by atoms with Gasteiger partial charge in [-0.2, -0.15) is 0 Å². The van der Waals surface area contributed by atoms with E-state index in [2.05, 4.69) is 22.9 Å². The van der Waals surface area contributed by atoms with Crippen molar-refractivity contribution in [3.63, 3.8) is 0 Å². The number of nitrogens with one attached hydrogen (secondary N) is 3. The van der Waals surface area contributed by atoms with Gasteiger partial charge in [-0.1, -0.05) is 6.92 Å². The predicted molar refractivity (Wildman–Crippen MR) is 176 cm³/mol. The van der Waals surface area contributed by atoms with Crippen LogP contribution in [0.2, 0.25) is 0 Å². The Balaban J connectivity index is 1.33. The molecular formula is C36H45N3O7. The number of rotatable bonds is 11. The lowest BCUT2D eigenvalue weighted by molar-refractivity contribution is 0.0876. The molecule has 2 aliphatic carbocycles. The number of likely N-dealkylation sites (N-methyl/N-ethyl adjacent to an activating group) is 1. The van der Waals surface area contributed by atoms with Gasteiger partial charge in [0.05, 0.1) is 39.1 Å². The molecule has 0 aromatic heterocycles. The Morgan fingerprint density at radius 2 is 1.70 bits per heavy atom. The number of methoxy groups -OCH3 is 2. The lowest BCUT2D eigenvalue weighted by atomic mass is 9.73. The number of benzene rings is 3. The molecule has 2 heterocycles. The van der Waals surface area contributed by atoms with Crippen LogP contribution in [-0.2, 0) is 12.8 Å². The van der Waals surface area contributed by atoms with E-state index < -0.39 is 6.10 Å². The van der Waals surface area contributed by atoms with Gasteiger partial charge >= 0.3 is 0 Å². The normalized spacial score (nSPS) is 21.1. The second-order valence-corrected chi connectivity index (χ2v) is 12.6. The number of aliphatic hydroxyl groups is 1. The fourth-order valence-corrected chi connectivity index (χ4v) is 7.80. The summed E-state index contributed by atoms with van der Waals surface area (Å²) in [6.45, 7) is 4.21. The van der Waals surface area contributed by atoms with Crippen molar-refractivity contribution in [2.75, 3.05) is 53.0 Å². The zero-order valence-electron chi connectivity index (χ0n) is 27.1. The number of fused-ring (bicyclic) bond motifs is 2. The monoisotopic (exact) mass is 631 g/mol. The number of hydrogen-bond donors (Lipinski definition) is 5. The van der Waals surface area contributed by atoms with Crippen LogP contribution in [0.5, 0.6) is 34.5 Å². The molecule has 0 radical (unpaired) electrons. The third-order valence-electron chi connectivity index (χ3n) is 10.00. The predicted octanol–water partition coefficient (Wildman–Crippen LogP) is 5.34. The lowest BCUT2D eigenvalue weighted by Gasteiger charge is -2.40. The van der Waals surface area contributed by atoms with E-state index in [4.69, 9.17) is 23.7 Å². The molecule has 0 saturated heterocycles. The van der Waals surface area contributed by atoms with Gasteiger partial charge in [0.25, 0.3) is 0 Å². The van der Waals surface area contributed by atoms with E-state index in [1.807, 2.05) is 25.2 Å². The Labute approximate surface area is 270 Å². The van der Waals surface area contributed by atoms with E-state index in [-0.39, 0.29) is 30.4 Å². The van der Waals surface area contributed by atoms with Crippen LogP contribution in [-0.4, -0.2) is 64.0 Å². The van der Waals surface area contributed by atoms with E-state index >= 15 is 0 Å². The standard InChI is InChI=1S/C36H45N3O7/c1-5-38-18-45-28-15-26(42-3)21-10-11-22-31-24(39-25(16-37-2)34(28)33(21)31)14-27-32(22)35(40)23(17-44-27)19-12-29(43-4)36(41)30(13-19)46-20-8-6-7-9-20/h12-15,20,23,25,35,37-41H,5-11,16-18H2,1-4H3/t23-,25+,35-/m0/s1. The summed E-state index contributed by atoms with van der Waals surface area (Å²) in [5, 5.41) is 33.5. The Morgan fingerprint density at radius 1 is 0.935 bits per heavy atom. The molecule has 0 amide bonds. The van der Waals surface area contributed by atoms with E-state index in [0.29, 0.717) is 30.5 Å². The molecule has 4 aliphatic rings. The maximum atomic E-state index is 12.2. The van der Waals surface area contributed by atoms with Crippen LogP contribution in [0.3, 0.4) is 0 Å². The molecule has 1 fully saturated rings. The third kappa shape index (κ3) is 5.16. The van der Waals surface area contributed by atoms with Gasteiger partial charge in [0.15, 0.2) is 11.5 Å². The minimum Gasteiger partial charge on any atom is -0.502 e. The molecule has 0 bridgehead atoms. The van der Waals surface area contributed by atoms with Crippen molar-refractivity contribution in [3.05, 3.63) is 52.1 Å². The smallest absolute Gasteiger partial charge is 0.200 e. The fourth-order valence-electron chi connectivity index (χ4n) is 7.80. The van der Waals surface area contributed by atoms with Crippen LogP contribution in [0.1, 0.15) is 78.5 Å². The Morgan fingerprint density at radius 3 is 2.43 bits per heavy atom. The summed E-state index contributed by atoms with van der Waals surface area (Å²) in [6, 6.07) is 7.65. The van der Waals surface area contributed by atoms with Gasteiger partial charge in [-0.25, -0.2) is 0 Å². The number of phenols is 1. The molecule has 0 unspecified atom stereocenters. The minimum absolute atomic E-state index is 0.0126. The van der Waals surface area contributed by atoms with Crippen LogP contribution >= 0.6 is 0 Å². The molecule has 10 nitrogen and oxygen atoms in total. The number of phenolic OH excluding ortho intramolecular Hbond substituents is 1. The first-order chi connectivity index (χ1) is 22.5. The van der Waals surface area contributed by atoms with Crippen LogP contribution in [0.4, 0.5) is 5.69 Å². The van der Waals surface area contributed by atoms with Gasteiger partial charge in [0.1, 0.15) is 24.0 Å². The number of ether oxygens (including phenoxy) is 5. The van der Waals surface area contributed by atoms with Gasteiger partial charge in [-0.15, -0.1) is 0 Å². The van der Waals surface area contributed by atoms with Crippen molar-refractivity contribution >= 4 is 5.69 Å². The van der Waals surface area contributed by atoms with Gasteiger partial charge in [0, 0.05) is 52.5 Å². The third-order valence-corrected chi connectivity index (χ3v) is 10.00. The maximum Gasteiger partial charge on any atom is 0.200 e. The quantitative estimate of drug-likeness (QED) is 0.140. The summed E-state index contributed by atoms with van der Waals surface area (Å²) in [6.07, 6.45) is 4.87. The largest absolute Gasteiger partial charge is 0.502 e. The lowest BCUT2D eigenvalue weighted by Crippen LogP contribution is -2.32. The minimum atomic E-state index is -0.840. The first-order valence-electron chi connectivity index (χ1n) is 16.5. The molecule has 2 aliphatic heterocycles. The highest BCUT2D eigenvalue weighted by Crippen LogP contribution is 2.57. The highest BCUT2D eigenvalue weighted by atomic mass is 16.5. The molecule has 3 aromatic carbocycles. The zero-order valence-corrected chi connectivity index (χ0v) is 27.1. The van der Waals surface area contributed by atoms with Crippen LogP contribution in [0.25, 0.3) is 11.1 Å². The summed E-state index contributed by atoms with van der Waals surface area (Å²) >= 11 is 0. The first-order valence-corrected chi connectivity index (χ1v) is 16.5. The summed E-state index contributed by atoms with van der Waals surface area (Å²) in [4.78, 5) is 0. The molecule has 3 atom stereocenters. The van der Waals surface area contributed by atoms with Crippen molar-refractivity contribution in [1.82, 2.24) is 10.6 Å². The van der Waals surface area contributed by atoms with Crippen molar-refractivity contribution in [1.29, 1.82) is 0 Å². The number of aliphatic hydroxyl groups excluding tert-OH is 1. The number of anilines is 1. The molecule has 10 heteroatoms. The first kappa shape index (κ1) is 30.8. The number of hydrogen-bond acceptors (Lipinski definition) is 10. The maximum absolute atomic E-state index is 12.2. The van der Waals surface area contributed by atoms with Crippen molar-refractivity contribution in [3.8, 4) is 45.6 Å². The molecular weight excluding hydrogens is 586 g/mol. The SMILES string of the molecule is CCNCOc1cc(OC)c2c3c1[C@@H](CNC)Nc1cc4c(c(c1-3)CC2)[C@@H](O)[C@H](c1cc(OC)c(O)c(OC2CCCC2)c1)CO4. The summed E-state index contributed by atoms with van der Waals surface area (Å²) in [7, 11) is 5.19. The van der Waals surface area contributed by atoms with E-state index in [9.17, 15) is 10.2 Å². The molecule has 246 valence electrons. The average Bonchev–Trinajstić information content (AvgIpc) is 3.58. The van der Waals surface area contributed by atoms with Crippen LogP contribution in [0.15, 0.2) is 24.3 Å². The second kappa shape index (κ2) is 12.7. The van der Waals surface area contributed by atoms with Gasteiger partial charge in [-0.05, 0) is 80.9 Å². The molecule has 1 saturated carbocycles. The molecule has 0 spiro atoms. The highest BCUT2D eigenvalue weighted by Gasteiger charge is 2.41. The van der Waals surface area contributed by atoms with Gasteiger partial charge in [-0.3, -0.25) is 5.32 Å². The van der Waals surface area contributed by atoms with E-state index in [1.54, 1.807) is 13.2 Å². The summed E-state index contributed by atoms with van der Waals surface area (Å²) in [5.74, 6) is 2.60. The van der Waals surface area contributed by atoms with Gasteiger partial charge < -0.3 is 44.5 Å². The zero-order chi connectivity index (χ0) is 31.9. The Bertz CT molecular complexity index is 1620. The summed E-state index contributed by atoms with van der Waals surface area (Å²) < 4.78 is 30.5. The van der Waals surface area contributed by atoms with Crippen LogP contribution < -0.4 is 39.6 Å². The van der Waals surface area contributed by atoms with E-state index in [0.717, 1.165) is 101 Å². The number of aromatic hydroxyl groups is 1. The molecule has 7 rings (SSSR count). The fraction of sp³-hybridized carbons (Fsp3) is 0.500. The second-order valence-electron chi connectivity index (χ2n) is 12.6. The van der Waals surface area contributed by atoms with Crippen molar-refractivity contribution in [2.24, 2.45) is 0 Å². The van der Waals surface area contributed by atoms with Crippen molar-refractivity contribution in [2.45, 2.75) is 69.6 Å². The topological polar surface area (TPSA) is 123 Å². The molecule has 3 aromatic rings. The summed E-state index contributed by atoms with van der Waals surface area (Å²) in [5.41, 5.74) is 8.12. The average molecular weight is 632 g/mol. The Kier molecular flexibility index (Phi) is 8.52. The molecule has 46 heavy (non-hydrogen) atoms. The van der Waals surface area contributed by atoms with E-state index in [1.165, 1.54) is 7.11 Å². The Hall–Kier alpha value is -3.86. The highest BCUT2D eigenvalue weighted by molar-refractivity contribution is 5.94. The van der Waals surface area contributed by atoms with Crippen LogP contribution in [0, 0.1) is 0 Å². The van der Waals surface area contributed by atoms with Gasteiger partial charge in [0.2, 0.25) is 5.75 Å². The van der Waals surface area contributed by atoms with Crippen molar-refractivity contribution < 1.29 is 33.9 Å².